The van der Waals surface area contributed by atoms with E-state index in [-0.39, 0.29) is 11.1 Å². The number of aliphatic hydroxyl groups is 1. The van der Waals surface area contributed by atoms with Crippen molar-refractivity contribution in [2.24, 2.45) is 0 Å². The SMILES string of the molecule is O=C(O[C@@H]1[C@@H](OC(=O)c2ccccc2)[C@H](F)[C@@H](CF)O[C@@H]1O)c1ccccc1. The van der Waals surface area contributed by atoms with Gasteiger partial charge in [0.05, 0.1) is 11.1 Å². The lowest BCUT2D eigenvalue weighted by atomic mass is 10.00. The molecule has 5 atom stereocenters. The van der Waals surface area contributed by atoms with Gasteiger partial charge in [0, 0.05) is 0 Å². The van der Waals surface area contributed by atoms with E-state index in [1.54, 1.807) is 36.4 Å². The van der Waals surface area contributed by atoms with Crippen LogP contribution < -0.4 is 0 Å². The Bertz CT molecular complexity index is 801. The summed E-state index contributed by atoms with van der Waals surface area (Å²) in [4.78, 5) is 24.6. The average Bonchev–Trinajstić information content (AvgIpc) is 2.73. The number of alkyl halides is 2. The van der Waals surface area contributed by atoms with E-state index in [4.69, 9.17) is 14.2 Å². The molecular formula is C20H18F2O6. The van der Waals surface area contributed by atoms with Gasteiger partial charge in [-0.3, -0.25) is 0 Å². The van der Waals surface area contributed by atoms with Crippen molar-refractivity contribution in [1.29, 1.82) is 0 Å². The molecule has 0 aromatic heterocycles. The van der Waals surface area contributed by atoms with Crippen LogP contribution in [0.2, 0.25) is 0 Å². The Labute approximate surface area is 159 Å². The van der Waals surface area contributed by atoms with E-state index in [1.165, 1.54) is 24.3 Å². The van der Waals surface area contributed by atoms with Crippen LogP contribution in [0.3, 0.4) is 0 Å². The van der Waals surface area contributed by atoms with E-state index >= 15 is 0 Å². The van der Waals surface area contributed by atoms with Crippen molar-refractivity contribution in [1.82, 2.24) is 0 Å². The summed E-state index contributed by atoms with van der Waals surface area (Å²) >= 11 is 0. The van der Waals surface area contributed by atoms with Gasteiger partial charge in [-0.25, -0.2) is 18.4 Å². The van der Waals surface area contributed by atoms with Crippen molar-refractivity contribution in [2.45, 2.75) is 30.8 Å². The number of carbonyl (C=O) groups is 2. The molecule has 0 aliphatic carbocycles. The predicted octanol–water partition coefficient (Wildman–Crippen LogP) is 2.46. The summed E-state index contributed by atoms with van der Waals surface area (Å²) in [5.41, 5.74) is 0.270. The Balaban J connectivity index is 1.82. The molecule has 1 heterocycles. The van der Waals surface area contributed by atoms with Crippen LogP contribution in [0.15, 0.2) is 60.7 Å². The maximum Gasteiger partial charge on any atom is 0.338 e. The molecule has 1 aliphatic heterocycles. The largest absolute Gasteiger partial charge is 0.451 e. The van der Waals surface area contributed by atoms with Gasteiger partial charge in [-0.1, -0.05) is 36.4 Å². The highest BCUT2D eigenvalue weighted by molar-refractivity contribution is 5.90. The molecule has 0 spiro atoms. The van der Waals surface area contributed by atoms with Crippen LogP contribution in [0.5, 0.6) is 0 Å². The fourth-order valence-corrected chi connectivity index (χ4v) is 2.80. The first-order valence-electron chi connectivity index (χ1n) is 8.57. The number of hydrogen-bond acceptors (Lipinski definition) is 6. The topological polar surface area (TPSA) is 82.1 Å². The number of ether oxygens (including phenoxy) is 3. The number of aliphatic hydroxyl groups excluding tert-OH is 1. The van der Waals surface area contributed by atoms with Crippen molar-refractivity contribution in [3.8, 4) is 0 Å². The number of hydrogen-bond donors (Lipinski definition) is 1. The van der Waals surface area contributed by atoms with E-state index in [0.717, 1.165) is 0 Å². The second kappa shape index (κ2) is 8.90. The quantitative estimate of drug-likeness (QED) is 0.788. The first-order chi connectivity index (χ1) is 13.5. The maximum absolute atomic E-state index is 14.7. The summed E-state index contributed by atoms with van der Waals surface area (Å²) in [6.07, 6.45) is -9.08. The van der Waals surface area contributed by atoms with Gasteiger partial charge >= 0.3 is 11.9 Å². The Morgan fingerprint density at radius 3 is 1.82 bits per heavy atom. The summed E-state index contributed by atoms with van der Waals surface area (Å²) in [6, 6.07) is 15.5. The summed E-state index contributed by atoms with van der Waals surface area (Å²) in [5.74, 6) is -1.78. The van der Waals surface area contributed by atoms with Gasteiger partial charge in [-0.15, -0.1) is 0 Å². The third-order valence-electron chi connectivity index (χ3n) is 4.25. The van der Waals surface area contributed by atoms with Crippen LogP contribution in [0.25, 0.3) is 0 Å². The first kappa shape index (κ1) is 19.9. The zero-order valence-electron chi connectivity index (χ0n) is 14.6. The van der Waals surface area contributed by atoms with Gasteiger partial charge in [0.15, 0.2) is 24.7 Å². The number of carbonyl (C=O) groups excluding carboxylic acids is 2. The summed E-state index contributed by atoms with van der Waals surface area (Å²) in [6.45, 7) is -1.25. The summed E-state index contributed by atoms with van der Waals surface area (Å²) in [7, 11) is 0. The predicted molar refractivity (Wildman–Crippen MR) is 93.0 cm³/mol. The molecule has 28 heavy (non-hydrogen) atoms. The van der Waals surface area contributed by atoms with E-state index in [1.807, 2.05) is 0 Å². The standard InChI is InChI=1S/C20H18F2O6/c21-11-14-15(22)16(27-18(23)12-7-3-1-4-8-12)17(20(25)26-14)28-19(24)13-9-5-2-6-10-13/h1-10,14-17,20,25H,11H2/t14-,15-,16+,17-,20+/m1/s1. The monoisotopic (exact) mass is 392 g/mol. The third kappa shape index (κ3) is 4.35. The van der Waals surface area contributed by atoms with E-state index in [0.29, 0.717) is 0 Å². The molecule has 0 unspecified atom stereocenters. The lowest BCUT2D eigenvalue weighted by Gasteiger charge is -2.39. The van der Waals surface area contributed by atoms with Crippen molar-refractivity contribution < 1.29 is 37.7 Å². The molecule has 6 nitrogen and oxygen atoms in total. The van der Waals surface area contributed by atoms with Crippen molar-refractivity contribution >= 4 is 11.9 Å². The molecular weight excluding hydrogens is 374 g/mol. The Morgan fingerprint density at radius 2 is 1.36 bits per heavy atom. The lowest BCUT2D eigenvalue weighted by molar-refractivity contribution is -0.270. The highest BCUT2D eigenvalue weighted by atomic mass is 19.1. The third-order valence-corrected chi connectivity index (χ3v) is 4.25. The summed E-state index contributed by atoms with van der Waals surface area (Å²) < 4.78 is 42.9. The van der Waals surface area contributed by atoms with Crippen LogP contribution in [-0.2, 0) is 14.2 Å². The van der Waals surface area contributed by atoms with Crippen LogP contribution in [-0.4, -0.2) is 54.5 Å². The zero-order valence-corrected chi connectivity index (χ0v) is 14.6. The molecule has 8 heteroatoms. The van der Waals surface area contributed by atoms with Crippen LogP contribution >= 0.6 is 0 Å². The van der Waals surface area contributed by atoms with Gasteiger partial charge in [0.2, 0.25) is 0 Å². The van der Waals surface area contributed by atoms with Gasteiger partial charge in [-0.2, -0.15) is 0 Å². The molecule has 1 saturated heterocycles. The molecule has 2 aromatic carbocycles. The van der Waals surface area contributed by atoms with Gasteiger partial charge < -0.3 is 19.3 Å². The smallest absolute Gasteiger partial charge is 0.338 e. The maximum atomic E-state index is 14.7. The minimum absolute atomic E-state index is 0.126. The molecule has 3 rings (SSSR count). The molecule has 1 N–H and O–H groups in total. The Kier molecular flexibility index (Phi) is 6.33. The number of benzene rings is 2. The molecule has 1 fully saturated rings. The van der Waals surface area contributed by atoms with E-state index in [9.17, 15) is 23.5 Å². The van der Waals surface area contributed by atoms with Crippen LogP contribution in [0.4, 0.5) is 8.78 Å². The van der Waals surface area contributed by atoms with Crippen LogP contribution in [0.1, 0.15) is 20.7 Å². The zero-order chi connectivity index (χ0) is 20.1. The lowest BCUT2D eigenvalue weighted by Crippen LogP contribution is -2.59. The summed E-state index contributed by atoms with van der Waals surface area (Å²) in [5, 5.41) is 10.1. The Morgan fingerprint density at radius 1 is 0.893 bits per heavy atom. The second-order valence-corrected chi connectivity index (χ2v) is 6.14. The molecule has 0 radical (unpaired) electrons. The molecule has 1 aliphatic rings. The minimum atomic E-state index is -2.14. The van der Waals surface area contributed by atoms with Crippen molar-refractivity contribution in [3.05, 3.63) is 71.8 Å². The highest BCUT2D eigenvalue weighted by Crippen LogP contribution is 2.29. The highest BCUT2D eigenvalue weighted by Gasteiger charge is 2.50. The van der Waals surface area contributed by atoms with Crippen LogP contribution in [0, 0.1) is 0 Å². The molecule has 148 valence electrons. The second-order valence-electron chi connectivity index (χ2n) is 6.14. The molecule has 0 saturated carbocycles. The number of esters is 2. The molecule has 2 aromatic rings. The van der Waals surface area contributed by atoms with Gasteiger partial charge in [0.1, 0.15) is 12.8 Å². The molecule has 0 bridgehead atoms. The van der Waals surface area contributed by atoms with Gasteiger partial charge in [-0.05, 0) is 24.3 Å². The normalized spacial score (nSPS) is 27.0. The van der Waals surface area contributed by atoms with Crippen molar-refractivity contribution in [2.75, 3.05) is 6.67 Å². The Hall–Kier alpha value is -2.84. The fraction of sp³-hybridized carbons (Fsp3) is 0.300. The van der Waals surface area contributed by atoms with E-state index < -0.39 is 49.4 Å². The first-order valence-corrected chi connectivity index (χ1v) is 8.57. The van der Waals surface area contributed by atoms with Crippen molar-refractivity contribution in [3.63, 3.8) is 0 Å². The molecule has 0 amide bonds. The number of rotatable bonds is 5. The van der Waals surface area contributed by atoms with E-state index in [2.05, 4.69) is 0 Å². The minimum Gasteiger partial charge on any atom is -0.451 e. The number of halogens is 2. The van der Waals surface area contributed by atoms with Gasteiger partial charge in [0.25, 0.3) is 0 Å². The average molecular weight is 392 g/mol. The fourth-order valence-electron chi connectivity index (χ4n) is 2.80.